The van der Waals surface area contributed by atoms with Crippen molar-refractivity contribution in [3.63, 3.8) is 0 Å². The smallest absolute Gasteiger partial charge is 0.123 e. The van der Waals surface area contributed by atoms with E-state index in [1.54, 1.807) is 6.07 Å². The highest BCUT2D eigenvalue weighted by Gasteiger charge is 2.07. The molecule has 0 fully saturated rings. The molecule has 2 atom stereocenters. The highest BCUT2D eigenvalue weighted by Crippen LogP contribution is 2.15. The van der Waals surface area contributed by atoms with Crippen LogP contribution in [0.2, 0.25) is 0 Å². The van der Waals surface area contributed by atoms with E-state index in [9.17, 15) is 9.50 Å². The van der Waals surface area contributed by atoms with Gasteiger partial charge in [0, 0.05) is 12.6 Å². The molecule has 22 heavy (non-hydrogen) atoms. The predicted octanol–water partition coefficient (Wildman–Crippen LogP) is 2.16. The van der Waals surface area contributed by atoms with Crippen LogP contribution in [0, 0.1) is 5.82 Å². The Morgan fingerprint density at radius 2 is 1.91 bits per heavy atom. The molecular formula is C17H21FN2O2. The first-order chi connectivity index (χ1) is 10.5. The summed E-state index contributed by atoms with van der Waals surface area (Å²) in [4.78, 5) is 0. The first-order valence-electron chi connectivity index (χ1n) is 7.18. The van der Waals surface area contributed by atoms with E-state index in [1.807, 2.05) is 37.3 Å². The summed E-state index contributed by atoms with van der Waals surface area (Å²) in [5, 5.41) is 12.3. The molecule has 0 radical (unpaired) electrons. The van der Waals surface area contributed by atoms with Crippen molar-refractivity contribution in [2.45, 2.75) is 32.3 Å². The van der Waals surface area contributed by atoms with E-state index in [1.165, 1.54) is 12.1 Å². The fourth-order valence-electron chi connectivity index (χ4n) is 1.90. The first kappa shape index (κ1) is 16.4. The van der Waals surface area contributed by atoms with Gasteiger partial charge in [-0.3, -0.25) is 0 Å². The van der Waals surface area contributed by atoms with Crippen molar-refractivity contribution < 1.29 is 14.2 Å². The van der Waals surface area contributed by atoms with E-state index in [0.29, 0.717) is 13.2 Å². The van der Waals surface area contributed by atoms with Crippen LogP contribution in [0.4, 0.5) is 4.39 Å². The van der Waals surface area contributed by atoms with Gasteiger partial charge >= 0.3 is 0 Å². The van der Waals surface area contributed by atoms with Gasteiger partial charge in [-0.1, -0.05) is 24.3 Å². The first-order valence-corrected chi connectivity index (χ1v) is 7.18. The lowest BCUT2D eigenvalue weighted by Crippen LogP contribution is -2.42. The van der Waals surface area contributed by atoms with Crippen LogP contribution >= 0.6 is 0 Å². The number of benzene rings is 2. The SMILES string of the molecule is C[C@H](NCc1ccc(OCc2cccc(F)c2)cc1)C(N)O. The van der Waals surface area contributed by atoms with Crippen molar-refractivity contribution in [3.05, 3.63) is 65.5 Å². The summed E-state index contributed by atoms with van der Waals surface area (Å²) in [7, 11) is 0. The average molecular weight is 304 g/mol. The van der Waals surface area contributed by atoms with E-state index in [4.69, 9.17) is 10.5 Å². The lowest BCUT2D eigenvalue weighted by atomic mass is 10.2. The zero-order chi connectivity index (χ0) is 15.9. The average Bonchev–Trinajstić information content (AvgIpc) is 2.51. The van der Waals surface area contributed by atoms with E-state index in [2.05, 4.69) is 5.32 Å². The van der Waals surface area contributed by atoms with Crippen LogP contribution in [0.25, 0.3) is 0 Å². The molecule has 118 valence electrons. The minimum Gasteiger partial charge on any atom is -0.489 e. The zero-order valence-corrected chi connectivity index (χ0v) is 12.5. The molecule has 5 heteroatoms. The normalized spacial score (nSPS) is 13.6. The number of aliphatic hydroxyl groups excluding tert-OH is 1. The Morgan fingerprint density at radius 1 is 1.18 bits per heavy atom. The third-order valence-electron chi connectivity index (χ3n) is 3.36. The van der Waals surface area contributed by atoms with Gasteiger partial charge < -0.3 is 20.9 Å². The van der Waals surface area contributed by atoms with Crippen LogP contribution in [-0.4, -0.2) is 17.4 Å². The van der Waals surface area contributed by atoms with Gasteiger partial charge in [0.1, 0.15) is 24.4 Å². The van der Waals surface area contributed by atoms with Crippen LogP contribution < -0.4 is 15.8 Å². The Morgan fingerprint density at radius 3 is 2.55 bits per heavy atom. The molecule has 0 amide bonds. The maximum atomic E-state index is 13.1. The molecule has 0 aliphatic heterocycles. The van der Waals surface area contributed by atoms with Crippen LogP contribution in [0.5, 0.6) is 5.75 Å². The minimum atomic E-state index is -0.881. The number of aliphatic hydroxyl groups is 1. The van der Waals surface area contributed by atoms with Crippen molar-refractivity contribution >= 4 is 0 Å². The largest absolute Gasteiger partial charge is 0.489 e. The highest BCUT2D eigenvalue weighted by atomic mass is 19.1. The second-order valence-electron chi connectivity index (χ2n) is 5.22. The van der Waals surface area contributed by atoms with Crippen LogP contribution in [0.1, 0.15) is 18.1 Å². The maximum absolute atomic E-state index is 13.1. The summed E-state index contributed by atoms with van der Waals surface area (Å²) in [6.07, 6.45) is -0.881. The Balaban J connectivity index is 1.84. The fourth-order valence-corrected chi connectivity index (χ4v) is 1.90. The molecule has 0 saturated carbocycles. The molecule has 0 aliphatic carbocycles. The summed E-state index contributed by atoms with van der Waals surface area (Å²) in [5.74, 6) is 0.457. The third kappa shape index (κ3) is 5.11. The molecule has 0 spiro atoms. The lowest BCUT2D eigenvalue weighted by Gasteiger charge is -2.16. The molecule has 0 aliphatic rings. The topological polar surface area (TPSA) is 67.5 Å². The molecule has 0 saturated heterocycles. The number of hydrogen-bond acceptors (Lipinski definition) is 4. The van der Waals surface area contributed by atoms with Crippen molar-refractivity contribution in [2.24, 2.45) is 5.73 Å². The van der Waals surface area contributed by atoms with E-state index < -0.39 is 6.23 Å². The van der Waals surface area contributed by atoms with Gasteiger partial charge in [0.2, 0.25) is 0 Å². The standard InChI is InChI=1S/C17H21FN2O2/c1-12(17(19)21)20-10-13-5-7-16(8-6-13)22-11-14-3-2-4-15(18)9-14/h2-9,12,17,20-21H,10-11,19H2,1H3/t12-,17?/m0/s1. The molecule has 4 N–H and O–H groups in total. The zero-order valence-electron chi connectivity index (χ0n) is 12.5. The van der Waals surface area contributed by atoms with Crippen LogP contribution in [0.3, 0.4) is 0 Å². The number of nitrogens with one attached hydrogen (secondary N) is 1. The number of halogens is 1. The van der Waals surface area contributed by atoms with E-state index >= 15 is 0 Å². The quantitative estimate of drug-likeness (QED) is 0.686. The molecule has 2 rings (SSSR count). The molecule has 0 heterocycles. The number of ether oxygens (including phenoxy) is 1. The molecular weight excluding hydrogens is 283 g/mol. The molecule has 2 aromatic rings. The molecule has 0 aromatic heterocycles. The summed E-state index contributed by atoms with van der Waals surface area (Å²) in [5.41, 5.74) is 7.23. The highest BCUT2D eigenvalue weighted by molar-refractivity contribution is 5.27. The van der Waals surface area contributed by atoms with E-state index in [-0.39, 0.29) is 11.9 Å². The Kier molecular flexibility index (Phi) is 5.89. The number of rotatable bonds is 7. The number of nitrogens with two attached hydrogens (primary N) is 1. The van der Waals surface area contributed by atoms with Gasteiger partial charge in [-0.2, -0.15) is 0 Å². The Bertz CT molecular complexity index is 587. The van der Waals surface area contributed by atoms with Crippen molar-refractivity contribution in [1.82, 2.24) is 5.32 Å². The third-order valence-corrected chi connectivity index (χ3v) is 3.36. The lowest BCUT2D eigenvalue weighted by molar-refractivity contribution is 0.140. The van der Waals surface area contributed by atoms with Gasteiger partial charge in [0.25, 0.3) is 0 Å². The fraction of sp³-hybridized carbons (Fsp3) is 0.294. The molecule has 2 aromatic carbocycles. The minimum absolute atomic E-state index is 0.177. The Hall–Kier alpha value is -1.95. The summed E-state index contributed by atoms with van der Waals surface area (Å²) in [6, 6.07) is 13.8. The van der Waals surface area contributed by atoms with Crippen molar-refractivity contribution in [1.29, 1.82) is 0 Å². The molecule has 4 nitrogen and oxygen atoms in total. The molecule has 0 bridgehead atoms. The van der Waals surface area contributed by atoms with Crippen LogP contribution in [0.15, 0.2) is 48.5 Å². The molecule has 1 unspecified atom stereocenters. The van der Waals surface area contributed by atoms with Gasteiger partial charge in [0.15, 0.2) is 0 Å². The van der Waals surface area contributed by atoms with Crippen LogP contribution in [-0.2, 0) is 13.2 Å². The second-order valence-corrected chi connectivity index (χ2v) is 5.22. The maximum Gasteiger partial charge on any atom is 0.123 e. The second kappa shape index (κ2) is 7.89. The number of hydrogen-bond donors (Lipinski definition) is 3. The van der Waals surface area contributed by atoms with Gasteiger partial charge in [0.05, 0.1) is 0 Å². The summed E-state index contributed by atoms with van der Waals surface area (Å²) < 4.78 is 18.7. The Labute approximate surface area is 129 Å². The van der Waals surface area contributed by atoms with Gasteiger partial charge in [-0.15, -0.1) is 0 Å². The van der Waals surface area contributed by atoms with Crippen molar-refractivity contribution in [3.8, 4) is 5.75 Å². The van der Waals surface area contributed by atoms with Gasteiger partial charge in [-0.05, 0) is 42.3 Å². The van der Waals surface area contributed by atoms with Gasteiger partial charge in [-0.25, -0.2) is 4.39 Å². The van der Waals surface area contributed by atoms with E-state index in [0.717, 1.165) is 16.9 Å². The monoisotopic (exact) mass is 304 g/mol. The summed E-state index contributed by atoms with van der Waals surface area (Å²) in [6.45, 7) is 2.76. The summed E-state index contributed by atoms with van der Waals surface area (Å²) >= 11 is 0. The predicted molar refractivity (Wildman–Crippen MR) is 83.7 cm³/mol. The van der Waals surface area contributed by atoms with Crippen molar-refractivity contribution in [2.75, 3.05) is 0 Å².